The smallest absolute Gasteiger partial charge is 0.234 e. The Kier molecular flexibility index (Phi) is 3.91. The maximum Gasteiger partial charge on any atom is 0.234 e. The fourth-order valence-electron chi connectivity index (χ4n) is 3.92. The van der Waals surface area contributed by atoms with E-state index >= 15 is 0 Å². The molecule has 2 amide bonds. The lowest BCUT2D eigenvalue weighted by Gasteiger charge is -2.46. The zero-order valence-electron chi connectivity index (χ0n) is 12.2. The highest BCUT2D eigenvalue weighted by Crippen LogP contribution is 2.52. The number of hydrogen-bond donors (Lipinski definition) is 1. The predicted molar refractivity (Wildman–Crippen MR) is 84.7 cm³/mol. The SMILES string of the molecule is CC1CCC2(CC1)CC(=O)NC(=O)C2c1ccc(Br)cc1. The van der Waals surface area contributed by atoms with Gasteiger partial charge in [-0.1, -0.05) is 47.8 Å². The molecule has 0 bridgehead atoms. The summed E-state index contributed by atoms with van der Waals surface area (Å²) in [5.41, 5.74) is 0.845. The third kappa shape index (κ3) is 2.78. The lowest BCUT2D eigenvalue weighted by Crippen LogP contribution is -2.51. The van der Waals surface area contributed by atoms with Crippen LogP contribution < -0.4 is 5.32 Å². The summed E-state index contributed by atoms with van der Waals surface area (Å²) in [7, 11) is 0. The molecule has 2 fully saturated rings. The van der Waals surface area contributed by atoms with Crippen molar-refractivity contribution in [1.29, 1.82) is 0 Å². The van der Waals surface area contributed by atoms with Crippen molar-refractivity contribution in [2.24, 2.45) is 11.3 Å². The lowest BCUT2D eigenvalue weighted by molar-refractivity contribution is -0.141. The third-order valence-electron chi connectivity index (χ3n) is 5.12. The van der Waals surface area contributed by atoms with E-state index in [9.17, 15) is 9.59 Å². The van der Waals surface area contributed by atoms with Crippen LogP contribution in [0.1, 0.15) is 50.5 Å². The Labute approximate surface area is 133 Å². The van der Waals surface area contributed by atoms with Crippen LogP contribution in [0.15, 0.2) is 28.7 Å². The van der Waals surface area contributed by atoms with E-state index in [4.69, 9.17) is 0 Å². The average molecular weight is 350 g/mol. The van der Waals surface area contributed by atoms with Gasteiger partial charge in [-0.3, -0.25) is 14.9 Å². The van der Waals surface area contributed by atoms with Gasteiger partial charge in [-0.25, -0.2) is 0 Å². The van der Waals surface area contributed by atoms with E-state index in [1.807, 2.05) is 24.3 Å². The number of nitrogens with one attached hydrogen (secondary N) is 1. The van der Waals surface area contributed by atoms with Crippen LogP contribution in [-0.2, 0) is 9.59 Å². The van der Waals surface area contributed by atoms with Gasteiger partial charge in [0.25, 0.3) is 0 Å². The molecule has 112 valence electrons. The van der Waals surface area contributed by atoms with Crippen molar-refractivity contribution >= 4 is 27.7 Å². The number of imide groups is 1. The number of halogens is 1. The van der Waals surface area contributed by atoms with Gasteiger partial charge in [-0.15, -0.1) is 0 Å². The van der Waals surface area contributed by atoms with Crippen LogP contribution in [0.25, 0.3) is 0 Å². The molecular formula is C17H20BrNO2. The van der Waals surface area contributed by atoms with Gasteiger partial charge in [-0.05, 0) is 41.9 Å². The molecule has 1 saturated heterocycles. The van der Waals surface area contributed by atoms with Gasteiger partial charge in [0, 0.05) is 10.9 Å². The summed E-state index contributed by atoms with van der Waals surface area (Å²) < 4.78 is 1.00. The normalized spacial score (nSPS) is 33.0. The van der Waals surface area contributed by atoms with Crippen LogP contribution in [0.5, 0.6) is 0 Å². The summed E-state index contributed by atoms with van der Waals surface area (Å²) in [6, 6.07) is 7.95. The van der Waals surface area contributed by atoms with Gasteiger partial charge in [-0.2, -0.15) is 0 Å². The summed E-state index contributed by atoms with van der Waals surface area (Å²) in [5, 5.41) is 2.54. The second kappa shape index (κ2) is 5.56. The molecule has 2 aliphatic rings. The Hall–Kier alpha value is -1.16. The van der Waals surface area contributed by atoms with E-state index < -0.39 is 0 Å². The molecule has 1 saturated carbocycles. The summed E-state index contributed by atoms with van der Waals surface area (Å²) in [5.74, 6) is 0.267. The van der Waals surface area contributed by atoms with Gasteiger partial charge >= 0.3 is 0 Å². The number of rotatable bonds is 1. The van der Waals surface area contributed by atoms with Crippen molar-refractivity contribution in [1.82, 2.24) is 5.32 Å². The standard InChI is InChI=1S/C17H20BrNO2/c1-11-6-8-17(9-7-11)10-14(20)19-16(21)15(17)12-2-4-13(18)5-3-12/h2-5,11,15H,6-10H2,1H3,(H,19,20,21). The molecule has 1 spiro atoms. The predicted octanol–water partition coefficient (Wildman–Crippen LogP) is 3.78. The van der Waals surface area contributed by atoms with Crippen molar-refractivity contribution < 1.29 is 9.59 Å². The van der Waals surface area contributed by atoms with Crippen LogP contribution in [0.3, 0.4) is 0 Å². The molecule has 1 N–H and O–H groups in total. The summed E-state index contributed by atoms with van der Waals surface area (Å²) in [4.78, 5) is 24.4. The molecule has 1 aromatic rings. The number of hydrogen-bond acceptors (Lipinski definition) is 2. The van der Waals surface area contributed by atoms with E-state index in [1.165, 1.54) is 0 Å². The van der Waals surface area contributed by atoms with Crippen LogP contribution in [0, 0.1) is 11.3 Å². The fourth-order valence-corrected chi connectivity index (χ4v) is 4.18. The van der Waals surface area contributed by atoms with Crippen LogP contribution >= 0.6 is 15.9 Å². The Morgan fingerprint density at radius 2 is 1.76 bits per heavy atom. The number of amides is 2. The summed E-state index contributed by atoms with van der Waals surface area (Å²) >= 11 is 3.43. The highest BCUT2D eigenvalue weighted by molar-refractivity contribution is 9.10. The molecule has 1 unspecified atom stereocenters. The number of carbonyl (C=O) groups is 2. The molecule has 21 heavy (non-hydrogen) atoms. The second-order valence-electron chi connectivity index (χ2n) is 6.62. The number of piperidine rings is 1. The minimum Gasteiger partial charge on any atom is -0.296 e. The zero-order valence-corrected chi connectivity index (χ0v) is 13.8. The third-order valence-corrected chi connectivity index (χ3v) is 5.65. The molecule has 0 aromatic heterocycles. The summed E-state index contributed by atoms with van der Waals surface area (Å²) in [6.07, 6.45) is 4.62. The monoisotopic (exact) mass is 349 g/mol. The quantitative estimate of drug-likeness (QED) is 0.784. The fraction of sp³-hybridized carbons (Fsp3) is 0.529. The van der Waals surface area contributed by atoms with Gasteiger partial charge < -0.3 is 0 Å². The largest absolute Gasteiger partial charge is 0.296 e. The van der Waals surface area contributed by atoms with E-state index in [1.54, 1.807) is 0 Å². The van der Waals surface area contributed by atoms with E-state index in [2.05, 4.69) is 28.2 Å². The highest BCUT2D eigenvalue weighted by atomic mass is 79.9. The second-order valence-corrected chi connectivity index (χ2v) is 7.53. The van der Waals surface area contributed by atoms with Gasteiger partial charge in [0.05, 0.1) is 5.92 Å². The topological polar surface area (TPSA) is 46.2 Å². The first-order valence-corrected chi connectivity index (χ1v) is 8.39. The van der Waals surface area contributed by atoms with Crippen LogP contribution in [-0.4, -0.2) is 11.8 Å². The molecule has 1 aromatic carbocycles. The molecule has 4 heteroatoms. The lowest BCUT2D eigenvalue weighted by atomic mass is 9.59. The van der Waals surface area contributed by atoms with Crippen molar-refractivity contribution in [3.8, 4) is 0 Å². The molecule has 3 nitrogen and oxygen atoms in total. The van der Waals surface area contributed by atoms with Gasteiger partial charge in [0.1, 0.15) is 0 Å². The van der Waals surface area contributed by atoms with E-state index in [0.29, 0.717) is 12.3 Å². The van der Waals surface area contributed by atoms with Crippen molar-refractivity contribution in [2.75, 3.05) is 0 Å². The van der Waals surface area contributed by atoms with Crippen molar-refractivity contribution in [2.45, 2.75) is 44.9 Å². The minimum absolute atomic E-state index is 0.108. The summed E-state index contributed by atoms with van der Waals surface area (Å²) in [6.45, 7) is 2.26. The maximum absolute atomic E-state index is 12.5. The molecule has 1 heterocycles. The Morgan fingerprint density at radius 1 is 1.14 bits per heavy atom. The van der Waals surface area contributed by atoms with Crippen LogP contribution in [0.4, 0.5) is 0 Å². The molecule has 1 aliphatic heterocycles. The van der Waals surface area contributed by atoms with Gasteiger partial charge in [0.2, 0.25) is 11.8 Å². The molecule has 1 atom stereocenters. The van der Waals surface area contributed by atoms with Crippen LogP contribution in [0.2, 0.25) is 0 Å². The Balaban J connectivity index is 1.99. The average Bonchev–Trinajstić information content (AvgIpc) is 2.44. The van der Waals surface area contributed by atoms with Crippen molar-refractivity contribution in [3.63, 3.8) is 0 Å². The minimum atomic E-state index is -0.198. The molecule has 3 rings (SSSR count). The first kappa shape index (κ1) is 14.8. The number of carbonyl (C=O) groups excluding carboxylic acids is 2. The molecule has 1 aliphatic carbocycles. The zero-order chi connectivity index (χ0) is 15.0. The van der Waals surface area contributed by atoms with Crippen molar-refractivity contribution in [3.05, 3.63) is 34.3 Å². The maximum atomic E-state index is 12.5. The highest BCUT2D eigenvalue weighted by Gasteiger charge is 2.50. The molecule has 0 radical (unpaired) electrons. The van der Waals surface area contributed by atoms with E-state index in [-0.39, 0.29) is 23.1 Å². The van der Waals surface area contributed by atoms with E-state index in [0.717, 1.165) is 35.7 Å². The first-order valence-electron chi connectivity index (χ1n) is 7.59. The first-order chi connectivity index (χ1) is 10.00. The Morgan fingerprint density at radius 3 is 2.38 bits per heavy atom. The van der Waals surface area contributed by atoms with Gasteiger partial charge in [0.15, 0.2) is 0 Å². The number of benzene rings is 1. The Bertz CT molecular complexity index is 559. The molecular weight excluding hydrogens is 330 g/mol.